The minimum atomic E-state index is -0.0803. The molecule has 3 atom stereocenters. The van der Waals surface area contributed by atoms with Crippen molar-refractivity contribution >= 4 is 5.91 Å². The molecule has 1 aliphatic heterocycles. The summed E-state index contributed by atoms with van der Waals surface area (Å²) in [4.78, 5) is 12.4. The highest BCUT2D eigenvalue weighted by molar-refractivity contribution is 5.92. The minimum Gasteiger partial charge on any atom is -0.378 e. The number of nitrogens with one attached hydrogen (secondary N) is 1. The van der Waals surface area contributed by atoms with Crippen molar-refractivity contribution < 1.29 is 9.53 Å². The normalized spacial score (nSPS) is 23.0. The summed E-state index contributed by atoms with van der Waals surface area (Å²) in [6, 6.07) is 2.19. The zero-order valence-corrected chi connectivity index (χ0v) is 15.1. The lowest BCUT2D eigenvalue weighted by atomic mass is 9.87. The molecule has 0 unspecified atom stereocenters. The maximum Gasteiger partial charge on any atom is 0.271 e. The zero-order chi connectivity index (χ0) is 17.0. The quantitative estimate of drug-likeness (QED) is 0.874. The fourth-order valence-electron chi connectivity index (χ4n) is 3.35. The molecule has 0 saturated carbocycles. The summed E-state index contributed by atoms with van der Waals surface area (Å²) in [5.74, 6) is 0.790. The second-order valence-corrected chi connectivity index (χ2v) is 7.06. The summed E-state index contributed by atoms with van der Waals surface area (Å²) in [5, 5.41) is 7.53. The molecule has 1 fully saturated rings. The van der Waals surface area contributed by atoms with E-state index in [-0.39, 0.29) is 12.0 Å². The fraction of sp³-hybridized carbons (Fsp3) is 0.778. The molecule has 0 radical (unpaired) electrons. The smallest absolute Gasteiger partial charge is 0.271 e. The van der Waals surface area contributed by atoms with Crippen LogP contribution in [0.2, 0.25) is 0 Å². The first-order chi connectivity index (χ1) is 10.9. The van der Waals surface area contributed by atoms with Gasteiger partial charge in [-0.1, -0.05) is 20.8 Å². The SMILES string of the molecule is CC[C@H](C)n1nc(C(=O)NC[C@@H]2CCCO[C@@H]2C(C)C)cc1C. The Morgan fingerprint density at radius 3 is 2.87 bits per heavy atom. The summed E-state index contributed by atoms with van der Waals surface area (Å²) >= 11 is 0. The largest absolute Gasteiger partial charge is 0.378 e. The number of hydrogen-bond acceptors (Lipinski definition) is 3. The van der Waals surface area contributed by atoms with Gasteiger partial charge in [0, 0.05) is 30.8 Å². The van der Waals surface area contributed by atoms with Gasteiger partial charge in [0.05, 0.1) is 6.10 Å². The van der Waals surface area contributed by atoms with Gasteiger partial charge in [0.25, 0.3) is 5.91 Å². The summed E-state index contributed by atoms with van der Waals surface area (Å²) in [6.07, 6.45) is 3.43. The lowest BCUT2D eigenvalue weighted by Crippen LogP contribution is -2.41. The van der Waals surface area contributed by atoms with Crippen LogP contribution in [0, 0.1) is 18.8 Å². The molecule has 1 amide bonds. The van der Waals surface area contributed by atoms with E-state index in [4.69, 9.17) is 4.74 Å². The molecule has 1 aromatic rings. The molecular formula is C18H31N3O2. The number of carbonyl (C=O) groups is 1. The molecule has 130 valence electrons. The van der Waals surface area contributed by atoms with Crippen molar-refractivity contribution in [2.24, 2.45) is 11.8 Å². The fourth-order valence-corrected chi connectivity index (χ4v) is 3.35. The number of carbonyl (C=O) groups excluding carboxylic acids is 1. The molecule has 1 aliphatic rings. The molecule has 23 heavy (non-hydrogen) atoms. The summed E-state index contributed by atoms with van der Waals surface area (Å²) in [5.41, 5.74) is 1.55. The Morgan fingerprint density at radius 2 is 2.22 bits per heavy atom. The summed E-state index contributed by atoms with van der Waals surface area (Å²) in [7, 11) is 0. The molecule has 5 heteroatoms. The summed E-state index contributed by atoms with van der Waals surface area (Å²) in [6.45, 7) is 12.1. The predicted molar refractivity (Wildman–Crippen MR) is 91.6 cm³/mol. The topological polar surface area (TPSA) is 56.2 Å². The highest BCUT2D eigenvalue weighted by atomic mass is 16.5. The molecule has 2 heterocycles. The molecule has 0 aromatic carbocycles. The standard InChI is InChI=1S/C18H31N3O2/c1-6-13(4)21-14(5)10-16(20-21)18(22)19-11-15-8-7-9-23-17(15)12(2)3/h10,12-13,15,17H,6-9,11H2,1-5H3,(H,19,22)/t13-,15-,17+/m0/s1. The highest BCUT2D eigenvalue weighted by Crippen LogP contribution is 2.25. The van der Waals surface area contributed by atoms with Crippen LogP contribution >= 0.6 is 0 Å². The Balaban J connectivity index is 1.96. The zero-order valence-electron chi connectivity index (χ0n) is 15.1. The maximum atomic E-state index is 12.4. The molecule has 5 nitrogen and oxygen atoms in total. The van der Waals surface area contributed by atoms with E-state index in [0.717, 1.165) is 31.6 Å². The van der Waals surface area contributed by atoms with Crippen LogP contribution in [0.15, 0.2) is 6.07 Å². The van der Waals surface area contributed by atoms with E-state index >= 15 is 0 Å². The number of ether oxygens (including phenoxy) is 1. The molecule has 0 bridgehead atoms. The number of hydrogen-bond donors (Lipinski definition) is 1. The van der Waals surface area contributed by atoms with Crippen molar-refractivity contribution in [3.63, 3.8) is 0 Å². The average Bonchev–Trinajstić information content (AvgIpc) is 2.94. The Hall–Kier alpha value is -1.36. The van der Waals surface area contributed by atoms with Gasteiger partial charge < -0.3 is 10.1 Å². The number of nitrogens with zero attached hydrogens (tertiary/aromatic N) is 2. The van der Waals surface area contributed by atoms with Gasteiger partial charge in [-0.25, -0.2) is 0 Å². The van der Waals surface area contributed by atoms with Crippen molar-refractivity contribution in [3.05, 3.63) is 17.5 Å². The van der Waals surface area contributed by atoms with Gasteiger partial charge in [0.1, 0.15) is 5.69 Å². The van der Waals surface area contributed by atoms with Gasteiger partial charge in [-0.2, -0.15) is 5.10 Å². The molecule has 1 N–H and O–H groups in total. The van der Waals surface area contributed by atoms with Crippen molar-refractivity contribution in [1.82, 2.24) is 15.1 Å². The molecule has 1 aromatic heterocycles. The Kier molecular flexibility index (Phi) is 6.22. The first-order valence-electron chi connectivity index (χ1n) is 8.90. The third kappa shape index (κ3) is 4.34. The summed E-state index contributed by atoms with van der Waals surface area (Å²) < 4.78 is 7.83. The van der Waals surface area contributed by atoms with Crippen molar-refractivity contribution in [3.8, 4) is 0 Å². The Labute approximate surface area is 139 Å². The third-order valence-corrected chi connectivity index (χ3v) is 4.84. The lowest BCUT2D eigenvalue weighted by molar-refractivity contribution is -0.0510. The van der Waals surface area contributed by atoms with E-state index in [1.165, 1.54) is 0 Å². The van der Waals surface area contributed by atoms with Crippen molar-refractivity contribution in [2.75, 3.05) is 13.2 Å². The number of amides is 1. The minimum absolute atomic E-state index is 0.0803. The lowest BCUT2D eigenvalue weighted by Gasteiger charge is -2.34. The van der Waals surface area contributed by atoms with Crippen LogP contribution in [0.25, 0.3) is 0 Å². The van der Waals surface area contributed by atoms with Crippen LogP contribution in [0.3, 0.4) is 0 Å². The highest BCUT2D eigenvalue weighted by Gasteiger charge is 2.29. The van der Waals surface area contributed by atoms with E-state index in [9.17, 15) is 4.79 Å². The van der Waals surface area contributed by atoms with Crippen LogP contribution in [0.4, 0.5) is 0 Å². The van der Waals surface area contributed by atoms with Gasteiger partial charge in [-0.15, -0.1) is 0 Å². The second-order valence-electron chi connectivity index (χ2n) is 7.06. The van der Waals surface area contributed by atoms with Gasteiger partial charge >= 0.3 is 0 Å². The van der Waals surface area contributed by atoms with Gasteiger partial charge in [-0.05, 0) is 45.1 Å². The predicted octanol–water partition coefficient (Wildman–Crippen LogP) is 3.34. The number of rotatable bonds is 6. The van der Waals surface area contributed by atoms with Crippen LogP contribution in [0.1, 0.15) is 69.2 Å². The molecule has 1 saturated heterocycles. The Morgan fingerprint density at radius 1 is 1.48 bits per heavy atom. The second kappa shape index (κ2) is 7.95. The first-order valence-corrected chi connectivity index (χ1v) is 8.90. The van der Waals surface area contributed by atoms with Crippen LogP contribution in [0.5, 0.6) is 0 Å². The van der Waals surface area contributed by atoms with E-state index in [1.54, 1.807) is 0 Å². The van der Waals surface area contributed by atoms with Gasteiger partial charge in [-0.3, -0.25) is 9.48 Å². The van der Waals surface area contributed by atoms with Gasteiger partial charge in [0.15, 0.2) is 0 Å². The van der Waals surface area contributed by atoms with Crippen molar-refractivity contribution in [1.29, 1.82) is 0 Å². The van der Waals surface area contributed by atoms with Crippen LogP contribution in [-0.4, -0.2) is 34.9 Å². The maximum absolute atomic E-state index is 12.4. The third-order valence-electron chi connectivity index (χ3n) is 4.84. The molecular weight excluding hydrogens is 290 g/mol. The van der Waals surface area contributed by atoms with E-state index in [0.29, 0.717) is 30.1 Å². The average molecular weight is 321 g/mol. The number of aryl methyl sites for hydroxylation is 1. The van der Waals surface area contributed by atoms with Crippen LogP contribution < -0.4 is 5.32 Å². The number of aromatic nitrogens is 2. The molecule has 0 aliphatic carbocycles. The molecule has 0 spiro atoms. The Bertz CT molecular complexity index is 524. The van der Waals surface area contributed by atoms with E-state index in [2.05, 4.69) is 38.1 Å². The van der Waals surface area contributed by atoms with E-state index < -0.39 is 0 Å². The monoisotopic (exact) mass is 321 g/mol. The molecule has 2 rings (SSSR count). The van der Waals surface area contributed by atoms with Crippen molar-refractivity contribution in [2.45, 2.75) is 66.0 Å². The van der Waals surface area contributed by atoms with Gasteiger partial charge in [0.2, 0.25) is 0 Å². The van der Waals surface area contributed by atoms with E-state index in [1.807, 2.05) is 17.7 Å². The van der Waals surface area contributed by atoms with Crippen LogP contribution in [-0.2, 0) is 4.74 Å². The first kappa shape index (κ1) is 18.0.